The van der Waals surface area contributed by atoms with Crippen molar-refractivity contribution in [3.05, 3.63) is 34.6 Å². The van der Waals surface area contributed by atoms with E-state index in [4.69, 9.17) is 9.26 Å². The molecule has 1 aliphatic rings. The number of halogens is 1. The normalized spacial score (nSPS) is 16.8. The number of likely N-dealkylation sites (tertiary alicyclic amines) is 1. The number of amides is 2. The van der Waals surface area contributed by atoms with E-state index in [1.165, 1.54) is 0 Å². The second kappa shape index (κ2) is 8.98. The Labute approximate surface area is 165 Å². The van der Waals surface area contributed by atoms with Gasteiger partial charge in [0.2, 0.25) is 11.7 Å². The fourth-order valence-electron chi connectivity index (χ4n) is 2.98. The number of carbonyl (C=O) groups is 2. The highest BCUT2D eigenvalue weighted by molar-refractivity contribution is 9.10. The first-order chi connectivity index (χ1) is 13.1. The molecule has 27 heavy (non-hydrogen) atoms. The fraction of sp³-hybridized carbons (Fsp3) is 0.444. The quantitative estimate of drug-likeness (QED) is 0.721. The minimum atomic E-state index is -0.463. The zero-order chi connectivity index (χ0) is 19.2. The van der Waals surface area contributed by atoms with Gasteiger partial charge in [-0.25, -0.2) is 4.79 Å². The fourth-order valence-corrected chi connectivity index (χ4v) is 3.24. The van der Waals surface area contributed by atoms with Crippen molar-refractivity contribution in [2.75, 3.05) is 19.7 Å². The molecule has 1 saturated heterocycles. The summed E-state index contributed by atoms with van der Waals surface area (Å²) in [7, 11) is 0. The lowest BCUT2D eigenvalue weighted by atomic mass is 10.0. The van der Waals surface area contributed by atoms with E-state index in [1.54, 1.807) is 11.8 Å². The highest BCUT2D eigenvalue weighted by Crippen LogP contribution is 2.31. The summed E-state index contributed by atoms with van der Waals surface area (Å²) in [5, 5.41) is 6.65. The molecule has 1 fully saturated rings. The topological polar surface area (TPSA) is 97.6 Å². The molecule has 1 unspecified atom stereocenters. The Morgan fingerprint density at radius 3 is 2.85 bits per heavy atom. The van der Waals surface area contributed by atoms with E-state index in [1.807, 2.05) is 24.3 Å². The predicted molar refractivity (Wildman–Crippen MR) is 101 cm³/mol. The Kier molecular flexibility index (Phi) is 6.44. The van der Waals surface area contributed by atoms with Crippen molar-refractivity contribution in [3.8, 4) is 11.4 Å². The molecule has 0 saturated carbocycles. The summed E-state index contributed by atoms with van der Waals surface area (Å²) in [5.41, 5.74) is 0.835. The Morgan fingerprint density at radius 1 is 1.33 bits per heavy atom. The molecule has 0 aliphatic carbocycles. The number of urea groups is 1. The number of hydrogen-bond donors (Lipinski definition) is 1. The van der Waals surface area contributed by atoms with Crippen molar-refractivity contribution in [1.29, 1.82) is 0 Å². The molecular formula is C18H21BrN4O4. The van der Waals surface area contributed by atoms with Crippen LogP contribution < -0.4 is 5.32 Å². The molecule has 1 atom stereocenters. The number of esters is 1. The molecular weight excluding hydrogens is 416 g/mol. The van der Waals surface area contributed by atoms with Crippen LogP contribution in [0, 0.1) is 0 Å². The lowest BCUT2D eigenvalue weighted by Crippen LogP contribution is -2.46. The van der Waals surface area contributed by atoms with Gasteiger partial charge in [0.25, 0.3) is 0 Å². The zero-order valence-electron chi connectivity index (χ0n) is 15.0. The zero-order valence-corrected chi connectivity index (χ0v) is 16.6. The maximum absolute atomic E-state index is 12.5. The van der Waals surface area contributed by atoms with Crippen LogP contribution in [0.15, 0.2) is 33.3 Å². The summed E-state index contributed by atoms with van der Waals surface area (Å²) in [6, 6.07) is 6.95. The lowest BCUT2D eigenvalue weighted by Gasteiger charge is -2.33. The number of carbonyl (C=O) groups excluding carboxylic acids is 2. The third-order valence-corrected chi connectivity index (χ3v) is 4.81. The number of nitrogens with zero attached hydrogens (tertiary/aromatic N) is 3. The van der Waals surface area contributed by atoms with Crippen molar-refractivity contribution in [2.24, 2.45) is 0 Å². The van der Waals surface area contributed by atoms with Crippen LogP contribution in [0.1, 0.15) is 38.1 Å². The van der Waals surface area contributed by atoms with E-state index < -0.39 is 5.97 Å². The van der Waals surface area contributed by atoms with Gasteiger partial charge in [0.15, 0.2) is 0 Å². The second-order valence-electron chi connectivity index (χ2n) is 6.13. The van der Waals surface area contributed by atoms with Gasteiger partial charge in [-0.3, -0.25) is 4.79 Å². The van der Waals surface area contributed by atoms with Gasteiger partial charge < -0.3 is 19.5 Å². The highest BCUT2D eigenvalue weighted by Gasteiger charge is 2.32. The molecule has 2 aromatic rings. The van der Waals surface area contributed by atoms with E-state index in [-0.39, 0.29) is 25.2 Å². The number of nitrogens with one attached hydrogen (secondary N) is 1. The number of ether oxygens (including phenoxy) is 1. The average molecular weight is 437 g/mol. The van der Waals surface area contributed by atoms with Gasteiger partial charge in [-0.15, -0.1) is 0 Å². The van der Waals surface area contributed by atoms with Gasteiger partial charge in [-0.2, -0.15) is 4.98 Å². The maximum atomic E-state index is 12.5. The average Bonchev–Trinajstić information content (AvgIpc) is 3.17. The minimum absolute atomic E-state index is 0.163. The van der Waals surface area contributed by atoms with Crippen molar-refractivity contribution in [1.82, 2.24) is 20.4 Å². The smallest absolute Gasteiger partial charge is 0.325 e. The molecule has 2 heterocycles. The van der Waals surface area contributed by atoms with Crippen LogP contribution in [0.4, 0.5) is 4.79 Å². The van der Waals surface area contributed by atoms with Crippen LogP contribution in [0.2, 0.25) is 0 Å². The lowest BCUT2D eigenvalue weighted by molar-refractivity contribution is -0.141. The molecule has 144 valence electrons. The summed E-state index contributed by atoms with van der Waals surface area (Å²) in [4.78, 5) is 30.1. The molecule has 8 nitrogen and oxygen atoms in total. The van der Waals surface area contributed by atoms with Gasteiger partial charge in [-0.1, -0.05) is 21.1 Å². The van der Waals surface area contributed by atoms with Crippen LogP contribution in [0.3, 0.4) is 0 Å². The first kappa shape index (κ1) is 19.3. The van der Waals surface area contributed by atoms with Crippen LogP contribution in [0.25, 0.3) is 11.4 Å². The number of hydrogen-bond acceptors (Lipinski definition) is 6. The molecule has 1 N–H and O–H groups in total. The Balaban J connectivity index is 1.71. The van der Waals surface area contributed by atoms with Gasteiger partial charge in [-0.05, 0) is 50.5 Å². The summed E-state index contributed by atoms with van der Waals surface area (Å²) >= 11 is 3.40. The summed E-state index contributed by atoms with van der Waals surface area (Å²) in [5.74, 6) is 0.420. The monoisotopic (exact) mass is 436 g/mol. The number of aromatic nitrogens is 2. The third kappa shape index (κ3) is 4.85. The van der Waals surface area contributed by atoms with Crippen molar-refractivity contribution in [2.45, 2.75) is 32.2 Å². The van der Waals surface area contributed by atoms with E-state index in [2.05, 4.69) is 31.4 Å². The Bertz CT molecular complexity index is 793. The second-order valence-corrected chi connectivity index (χ2v) is 7.05. The Morgan fingerprint density at radius 2 is 2.11 bits per heavy atom. The molecule has 0 bridgehead atoms. The molecule has 1 aromatic carbocycles. The number of rotatable bonds is 5. The van der Waals surface area contributed by atoms with Crippen LogP contribution in [-0.4, -0.2) is 46.7 Å². The molecule has 2 amide bonds. The molecule has 3 rings (SSSR count). The summed E-state index contributed by atoms with van der Waals surface area (Å²) in [6.07, 6.45) is 2.58. The molecule has 9 heteroatoms. The first-order valence-corrected chi connectivity index (χ1v) is 9.67. The molecule has 0 radical (unpaired) electrons. The van der Waals surface area contributed by atoms with E-state index in [9.17, 15) is 9.59 Å². The van der Waals surface area contributed by atoms with Crippen LogP contribution >= 0.6 is 15.9 Å². The van der Waals surface area contributed by atoms with Crippen molar-refractivity contribution >= 4 is 27.9 Å². The summed E-state index contributed by atoms with van der Waals surface area (Å²) in [6.45, 7) is 2.40. The SMILES string of the molecule is CCOC(=O)CNC(=O)N1CCCCC1c1nc(-c2ccc(Br)cc2)no1. The maximum Gasteiger partial charge on any atom is 0.325 e. The largest absolute Gasteiger partial charge is 0.465 e. The van der Waals surface area contributed by atoms with Crippen LogP contribution in [0.5, 0.6) is 0 Å². The standard InChI is InChI=1S/C18H21BrN4O4/c1-2-26-15(24)11-20-18(25)23-10-4-3-5-14(23)17-21-16(22-27-17)12-6-8-13(19)9-7-12/h6-9,14H,2-5,10-11H2,1H3,(H,20,25). The first-order valence-electron chi connectivity index (χ1n) is 8.88. The van der Waals surface area contributed by atoms with E-state index >= 15 is 0 Å². The van der Waals surface area contributed by atoms with Gasteiger partial charge >= 0.3 is 12.0 Å². The predicted octanol–water partition coefficient (Wildman–Crippen LogP) is 3.30. The minimum Gasteiger partial charge on any atom is -0.465 e. The van der Waals surface area contributed by atoms with Crippen molar-refractivity contribution < 1.29 is 18.8 Å². The van der Waals surface area contributed by atoms with Gasteiger partial charge in [0, 0.05) is 16.6 Å². The molecule has 1 aliphatic heterocycles. The Hall–Kier alpha value is -2.42. The van der Waals surface area contributed by atoms with Crippen LogP contribution in [-0.2, 0) is 9.53 Å². The van der Waals surface area contributed by atoms with E-state index in [0.717, 1.165) is 29.3 Å². The van der Waals surface area contributed by atoms with E-state index in [0.29, 0.717) is 18.3 Å². The highest BCUT2D eigenvalue weighted by atomic mass is 79.9. The molecule has 1 aromatic heterocycles. The number of piperidine rings is 1. The van der Waals surface area contributed by atoms with Crippen molar-refractivity contribution in [3.63, 3.8) is 0 Å². The summed E-state index contributed by atoms with van der Waals surface area (Å²) < 4.78 is 11.2. The number of benzene rings is 1. The third-order valence-electron chi connectivity index (χ3n) is 4.28. The van der Waals surface area contributed by atoms with Gasteiger partial charge in [0.1, 0.15) is 12.6 Å². The van der Waals surface area contributed by atoms with Gasteiger partial charge in [0.05, 0.1) is 6.61 Å². The molecule has 0 spiro atoms.